The van der Waals surface area contributed by atoms with Crippen molar-refractivity contribution in [2.24, 2.45) is 0 Å². The average molecular weight is 422 g/mol. The Balaban J connectivity index is 1.43. The Morgan fingerprint density at radius 3 is 3.00 bits per heavy atom. The van der Waals surface area contributed by atoms with Crippen molar-refractivity contribution < 1.29 is 23.8 Å². The van der Waals surface area contributed by atoms with Crippen molar-refractivity contribution in [3.05, 3.63) is 41.7 Å². The first kappa shape index (κ1) is 19.2. The minimum Gasteiger partial charge on any atom is -0.481 e. The third kappa shape index (κ3) is 3.52. The number of nitrogens with zero attached hydrogens (tertiary/aromatic N) is 2. The van der Waals surface area contributed by atoms with Crippen LogP contribution in [-0.4, -0.2) is 46.5 Å². The van der Waals surface area contributed by atoms with E-state index in [1.165, 1.54) is 13.2 Å². The van der Waals surface area contributed by atoms with Crippen LogP contribution < -0.4 is 10.2 Å². The summed E-state index contributed by atoms with van der Waals surface area (Å²) in [6.45, 7) is 2.12. The number of anilines is 1. The van der Waals surface area contributed by atoms with Crippen LogP contribution in [0.4, 0.5) is 10.5 Å². The lowest BCUT2D eigenvalue weighted by molar-refractivity contribution is -0.119. The third-order valence-electron chi connectivity index (χ3n) is 5.72. The monoisotopic (exact) mass is 422 g/mol. The minimum absolute atomic E-state index is 0.139. The first-order valence-corrected chi connectivity index (χ1v) is 10.2. The summed E-state index contributed by atoms with van der Waals surface area (Å²) in [5.41, 5.74) is 6.49. The third-order valence-corrected chi connectivity index (χ3v) is 5.72. The number of aryl methyl sites for hydroxylation is 1. The highest BCUT2D eigenvalue weighted by atomic mass is 16.6. The molecule has 0 saturated carbocycles. The molecule has 2 amide bonds. The van der Waals surface area contributed by atoms with Crippen molar-refractivity contribution >= 4 is 17.7 Å². The number of aromatic nitrogens is 2. The molecule has 0 spiro atoms. The molecule has 1 saturated heterocycles. The summed E-state index contributed by atoms with van der Waals surface area (Å²) < 4.78 is 10.4. The number of hydrogen-bond donors (Lipinski definition) is 3. The lowest BCUT2D eigenvalue weighted by Gasteiger charge is -2.16. The predicted octanol–water partition coefficient (Wildman–Crippen LogP) is 2.99. The molecule has 1 aliphatic carbocycles. The number of aromatic hydroxyl groups is 1. The molecule has 3 N–H and O–H groups in total. The van der Waals surface area contributed by atoms with Gasteiger partial charge in [-0.25, -0.2) is 4.79 Å². The number of benzene rings is 1. The second kappa shape index (κ2) is 7.50. The summed E-state index contributed by atoms with van der Waals surface area (Å²) in [4.78, 5) is 25.1. The van der Waals surface area contributed by atoms with Gasteiger partial charge in [0.15, 0.2) is 0 Å². The maximum absolute atomic E-state index is 12.4. The Morgan fingerprint density at radius 1 is 1.35 bits per heavy atom. The average Bonchev–Trinajstić information content (AvgIpc) is 3.42. The zero-order chi connectivity index (χ0) is 21.5. The van der Waals surface area contributed by atoms with E-state index in [9.17, 15) is 14.7 Å². The molecule has 31 heavy (non-hydrogen) atoms. The maximum atomic E-state index is 12.4. The molecule has 1 aromatic carbocycles. The predicted molar refractivity (Wildman–Crippen MR) is 112 cm³/mol. The van der Waals surface area contributed by atoms with E-state index in [1.54, 1.807) is 11.0 Å². The van der Waals surface area contributed by atoms with Crippen molar-refractivity contribution in [1.82, 2.24) is 15.5 Å². The number of carbonyl (C=O) groups excluding carboxylic acids is 2. The number of nitrogens with one attached hydrogen (secondary N) is 2. The fraction of sp³-hybridized carbons (Fsp3) is 0.318. The van der Waals surface area contributed by atoms with Crippen LogP contribution >= 0.6 is 0 Å². The van der Waals surface area contributed by atoms with Crippen LogP contribution in [0, 0.1) is 0 Å². The van der Waals surface area contributed by atoms with Crippen molar-refractivity contribution in [1.29, 1.82) is 0 Å². The molecule has 2 aliphatic rings. The van der Waals surface area contributed by atoms with Gasteiger partial charge in [-0.15, -0.1) is 0 Å². The van der Waals surface area contributed by atoms with E-state index in [1.807, 2.05) is 18.2 Å². The Bertz CT molecular complexity index is 1160. The quantitative estimate of drug-likeness (QED) is 0.594. The van der Waals surface area contributed by atoms with Gasteiger partial charge in [0.2, 0.25) is 5.91 Å². The highest BCUT2D eigenvalue weighted by molar-refractivity contribution is 5.91. The SMILES string of the molecule is CC(=O)NC[C@H]1CN(c2ccc3c(c2)CCCc2c(-c4coc(O)c4)n[nH]c2-3)C(=O)O1. The molecule has 1 atom stereocenters. The van der Waals surface area contributed by atoms with Crippen LogP contribution in [0.15, 0.2) is 34.9 Å². The molecule has 2 aromatic heterocycles. The summed E-state index contributed by atoms with van der Waals surface area (Å²) in [6, 6.07) is 7.48. The molecule has 0 radical (unpaired) electrons. The molecule has 160 valence electrons. The van der Waals surface area contributed by atoms with E-state index in [0.29, 0.717) is 13.1 Å². The van der Waals surface area contributed by atoms with E-state index >= 15 is 0 Å². The highest BCUT2D eigenvalue weighted by Gasteiger charge is 2.33. The lowest BCUT2D eigenvalue weighted by atomic mass is 10.00. The van der Waals surface area contributed by atoms with Gasteiger partial charge in [0, 0.05) is 35.4 Å². The van der Waals surface area contributed by atoms with Crippen molar-refractivity contribution in [2.45, 2.75) is 32.3 Å². The molecule has 9 nitrogen and oxygen atoms in total. The number of aromatic amines is 1. The van der Waals surface area contributed by atoms with Crippen LogP contribution in [0.1, 0.15) is 24.5 Å². The first-order valence-electron chi connectivity index (χ1n) is 10.2. The van der Waals surface area contributed by atoms with Gasteiger partial charge in [0.05, 0.1) is 24.5 Å². The van der Waals surface area contributed by atoms with Crippen molar-refractivity contribution in [3.63, 3.8) is 0 Å². The normalized spacial score (nSPS) is 17.6. The van der Waals surface area contributed by atoms with Gasteiger partial charge in [0.25, 0.3) is 5.95 Å². The Kier molecular flexibility index (Phi) is 4.65. The zero-order valence-corrected chi connectivity index (χ0v) is 17.0. The van der Waals surface area contributed by atoms with E-state index in [2.05, 4.69) is 15.5 Å². The number of cyclic esters (lactones) is 1. The number of fused-ring (bicyclic) bond motifs is 3. The van der Waals surface area contributed by atoms with Crippen LogP contribution in [0.5, 0.6) is 5.95 Å². The topological polar surface area (TPSA) is 121 Å². The summed E-state index contributed by atoms with van der Waals surface area (Å²) in [5, 5.41) is 19.8. The van der Waals surface area contributed by atoms with Crippen LogP contribution in [0.3, 0.4) is 0 Å². The Hall–Kier alpha value is -3.75. The van der Waals surface area contributed by atoms with Gasteiger partial charge >= 0.3 is 6.09 Å². The van der Waals surface area contributed by atoms with Crippen molar-refractivity contribution in [2.75, 3.05) is 18.0 Å². The number of rotatable bonds is 4. The van der Waals surface area contributed by atoms with Gasteiger partial charge in [0.1, 0.15) is 12.4 Å². The van der Waals surface area contributed by atoms with E-state index in [4.69, 9.17) is 9.15 Å². The van der Waals surface area contributed by atoms with Gasteiger partial charge in [-0.05, 0) is 37.0 Å². The van der Waals surface area contributed by atoms with Gasteiger partial charge in [-0.1, -0.05) is 6.07 Å². The molecule has 5 rings (SSSR count). The van der Waals surface area contributed by atoms with E-state index < -0.39 is 6.09 Å². The minimum atomic E-state index is -0.409. The van der Waals surface area contributed by atoms with E-state index in [0.717, 1.165) is 58.6 Å². The number of amides is 2. The van der Waals surface area contributed by atoms with E-state index in [-0.39, 0.29) is 18.0 Å². The fourth-order valence-electron chi connectivity index (χ4n) is 4.27. The van der Waals surface area contributed by atoms with Gasteiger partial charge < -0.3 is 19.6 Å². The smallest absolute Gasteiger partial charge is 0.414 e. The number of ether oxygens (including phenoxy) is 1. The maximum Gasteiger partial charge on any atom is 0.414 e. The van der Waals surface area contributed by atoms with Gasteiger partial charge in [-0.2, -0.15) is 5.10 Å². The molecule has 0 bridgehead atoms. The van der Waals surface area contributed by atoms with Crippen LogP contribution in [0.25, 0.3) is 22.5 Å². The highest BCUT2D eigenvalue weighted by Crippen LogP contribution is 2.39. The zero-order valence-electron chi connectivity index (χ0n) is 17.0. The number of furan rings is 1. The molecular weight excluding hydrogens is 400 g/mol. The summed E-state index contributed by atoms with van der Waals surface area (Å²) in [7, 11) is 0. The molecule has 3 aromatic rings. The second-order valence-corrected chi connectivity index (χ2v) is 7.85. The lowest BCUT2D eigenvalue weighted by Crippen LogP contribution is -2.33. The first-order chi connectivity index (χ1) is 15.0. The summed E-state index contributed by atoms with van der Waals surface area (Å²) in [6.07, 6.45) is 3.34. The Morgan fingerprint density at radius 2 is 2.23 bits per heavy atom. The molecule has 1 aliphatic heterocycles. The second-order valence-electron chi connectivity index (χ2n) is 7.85. The van der Waals surface area contributed by atoms with Gasteiger partial charge in [-0.3, -0.25) is 14.8 Å². The number of H-pyrrole nitrogens is 1. The number of hydrogen-bond acceptors (Lipinski definition) is 6. The summed E-state index contributed by atoms with van der Waals surface area (Å²) in [5.74, 6) is -0.292. The van der Waals surface area contributed by atoms with Crippen molar-refractivity contribution in [3.8, 4) is 28.5 Å². The fourth-order valence-corrected chi connectivity index (χ4v) is 4.27. The molecular formula is C22H22N4O5. The number of carbonyl (C=O) groups is 2. The molecule has 3 heterocycles. The largest absolute Gasteiger partial charge is 0.481 e. The van der Waals surface area contributed by atoms with Crippen LogP contribution in [-0.2, 0) is 22.4 Å². The standard InChI is InChI=1S/C22H22N4O5/c1-12(27)23-9-16-10-26(22(29)31-16)15-5-6-17-13(7-15)3-2-4-18-20(24-25-21(17)18)14-8-19(28)30-11-14/h5-8,11,16,28H,2-4,9-10H2,1H3,(H,23,27)(H,24,25)/t16-/m0/s1. The summed E-state index contributed by atoms with van der Waals surface area (Å²) >= 11 is 0. The van der Waals surface area contributed by atoms with Crippen LogP contribution in [0.2, 0.25) is 0 Å². The Labute approximate surface area is 178 Å². The molecule has 9 heteroatoms. The molecule has 0 unspecified atom stereocenters. The molecule has 1 fully saturated rings.